The van der Waals surface area contributed by atoms with Crippen LogP contribution in [0.3, 0.4) is 0 Å². The van der Waals surface area contributed by atoms with Crippen molar-refractivity contribution in [2.24, 2.45) is 5.92 Å². The van der Waals surface area contributed by atoms with Gasteiger partial charge in [0.15, 0.2) is 0 Å². The van der Waals surface area contributed by atoms with Crippen LogP contribution in [0.2, 0.25) is 0 Å². The lowest BCUT2D eigenvalue weighted by atomic mass is 10.1. The van der Waals surface area contributed by atoms with Crippen molar-refractivity contribution in [3.05, 3.63) is 0 Å². The minimum absolute atomic E-state index is 0.314. The Bertz CT molecular complexity index is 57.5. The fraction of sp³-hybridized carbons (Fsp3) is 1.00. The van der Waals surface area contributed by atoms with Gasteiger partial charge in [-0.3, -0.25) is 0 Å². The summed E-state index contributed by atoms with van der Waals surface area (Å²) in [5.74, 6) is 0.639. The van der Waals surface area contributed by atoms with E-state index in [1.54, 1.807) is 0 Å². The Morgan fingerprint density at radius 2 is 2.50 bits per heavy atom. The normalized spacial score (nSPS) is 28.9. The molecule has 0 bridgehead atoms. The van der Waals surface area contributed by atoms with Gasteiger partial charge in [-0.1, -0.05) is 0 Å². The zero-order chi connectivity index (χ0) is 5.82. The summed E-state index contributed by atoms with van der Waals surface area (Å²) < 4.78 is 5.10. The van der Waals surface area contributed by atoms with Gasteiger partial charge in [-0.15, -0.1) is 0 Å². The molecule has 0 radical (unpaired) electrons. The van der Waals surface area contributed by atoms with Gasteiger partial charge in [0.2, 0.25) is 0 Å². The smallest absolute Gasteiger partial charge is 0.0495 e. The van der Waals surface area contributed by atoms with Crippen LogP contribution in [0.1, 0.15) is 12.8 Å². The summed E-state index contributed by atoms with van der Waals surface area (Å²) in [5.41, 5.74) is 0. The Morgan fingerprint density at radius 1 is 1.62 bits per heavy atom. The van der Waals surface area contributed by atoms with Crippen molar-refractivity contribution >= 4 is 0 Å². The van der Waals surface area contributed by atoms with Crippen LogP contribution >= 0.6 is 0 Å². The Hall–Kier alpha value is -0.0800. The van der Waals surface area contributed by atoms with E-state index >= 15 is 0 Å². The standard InChI is InChI=1S/C6H12O2/c7-3-1-6-2-4-8-5-6/h6-7H,1-5H2/t6-/m1/s1. The van der Waals surface area contributed by atoms with Crippen LogP contribution < -0.4 is 0 Å². The average molecular weight is 116 g/mol. The van der Waals surface area contributed by atoms with Crippen molar-refractivity contribution in [1.82, 2.24) is 0 Å². The highest BCUT2D eigenvalue weighted by molar-refractivity contribution is 4.62. The minimum atomic E-state index is 0.314. The van der Waals surface area contributed by atoms with E-state index in [0.29, 0.717) is 12.5 Å². The number of rotatable bonds is 2. The molecule has 0 aromatic rings. The average Bonchev–Trinajstić information content (AvgIpc) is 2.19. The number of ether oxygens (including phenoxy) is 1. The summed E-state index contributed by atoms with van der Waals surface area (Å²) in [4.78, 5) is 0. The maximum absolute atomic E-state index is 8.47. The van der Waals surface area contributed by atoms with Crippen LogP contribution in [-0.2, 0) is 4.74 Å². The Morgan fingerprint density at radius 3 is 3.00 bits per heavy atom. The predicted octanol–water partition coefficient (Wildman–Crippen LogP) is 0.405. The molecule has 2 heteroatoms. The predicted molar refractivity (Wildman–Crippen MR) is 30.6 cm³/mol. The third-order valence-electron chi connectivity index (χ3n) is 1.56. The third kappa shape index (κ3) is 1.46. The van der Waals surface area contributed by atoms with Crippen molar-refractivity contribution in [2.75, 3.05) is 19.8 Å². The van der Waals surface area contributed by atoms with Gasteiger partial charge in [-0.05, 0) is 18.8 Å². The van der Waals surface area contributed by atoms with E-state index in [2.05, 4.69) is 0 Å². The second-order valence-electron chi connectivity index (χ2n) is 2.24. The molecule has 0 aromatic carbocycles. The molecule has 2 nitrogen and oxygen atoms in total. The summed E-state index contributed by atoms with van der Waals surface area (Å²) >= 11 is 0. The Balaban J connectivity index is 2.06. The molecule has 1 aliphatic heterocycles. The summed E-state index contributed by atoms with van der Waals surface area (Å²) in [6, 6.07) is 0. The van der Waals surface area contributed by atoms with E-state index in [1.807, 2.05) is 0 Å². The first kappa shape index (κ1) is 6.05. The molecule has 1 saturated heterocycles. The molecule has 1 rings (SSSR count). The van der Waals surface area contributed by atoms with Crippen LogP contribution in [0.5, 0.6) is 0 Å². The number of hydrogen-bond donors (Lipinski definition) is 1. The molecule has 0 saturated carbocycles. The molecule has 0 aromatic heterocycles. The SMILES string of the molecule is OCC[C@@H]1CCOC1. The molecule has 0 aliphatic carbocycles. The highest BCUT2D eigenvalue weighted by Crippen LogP contribution is 2.14. The molecule has 8 heavy (non-hydrogen) atoms. The first-order valence-electron chi connectivity index (χ1n) is 3.12. The quantitative estimate of drug-likeness (QED) is 0.566. The van der Waals surface area contributed by atoms with Crippen molar-refractivity contribution in [1.29, 1.82) is 0 Å². The van der Waals surface area contributed by atoms with Crippen LogP contribution in [0.4, 0.5) is 0 Å². The van der Waals surface area contributed by atoms with Gasteiger partial charge in [0, 0.05) is 19.8 Å². The Kier molecular flexibility index (Phi) is 2.30. The second kappa shape index (κ2) is 3.05. The molecule has 1 atom stereocenters. The van der Waals surface area contributed by atoms with E-state index < -0.39 is 0 Å². The van der Waals surface area contributed by atoms with Crippen molar-refractivity contribution in [3.8, 4) is 0 Å². The topological polar surface area (TPSA) is 29.5 Å². The fourth-order valence-electron chi connectivity index (χ4n) is 0.994. The van der Waals surface area contributed by atoms with E-state index in [1.165, 1.54) is 0 Å². The molecular weight excluding hydrogens is 104 g/mol. The van der Waals surface area contributed by atoms with Gasteiger partial charge in [0.25, 0.3) is 0 Å². The molecule has 0 amide bonds. The summed E-state index contributed by atoms with van der Waals surface area (Å²) in [6.45, 7) is 2.07. The maximum Gasteiger partial charge on any atom is 0.0495 e. The minimum Gasteiger partial charge on any atom is -0.396 e. The number of aliphatic hydroxyl groups excluding tert-OH is 1. The van der Waals surface area contributed by atoms with Gasteiger partial charge in [0.1, 0.15) is 0 Å². The lowest BCUT2D eigenvalue weighted by Crippen LogP contribution is -2.00. The summed E-state index contributed by atoms with van der Waals surface area (Å²) in [6.07, 6.45) is 2.06. The summed E-state index contributed by atoms with van der Waals surface area (Å²) in [5, 5.41) is 8.47. The molecule has 48 valence electrons. The highest BCUT2D eigenvalue weighted by atomic mass is 16.5. The van der Waals surface area contributed by atoms with Crippen LogP contribution in [0.15, 0.2) is 0 Å². The first-order valence-corrected chi connectivity index (χ1v) is 3.12. The van der Waals surface area contributed by atoms with E-state index in [0.717, 1.165) is 26.1 Å². The zero-order valence-electron chi connectivity index (χ0n) is 4.97. The summed E-state index contributed by atoms with van der Waals surface area (Å²) in [7, 11) is 0. The van der Waals surface area contributed by atoms with Gasteiger partial charge < -0.3 is 9.84 Å². The molecule has 1 fully saturated rings. The van der Waals surface area contributed by atoms with Crippen LogP contribution in [0, 0.1) is 5.92 Å². The second-order valence-corrected chi connectivity index (χ2v) is 2.24. The largest absolute Gasteiger partial charge is 0.396 e. The van der Waals surface area contributed by atoms with E-state index in [4.69, 9.17) is 9.84 Å². The zero-order valence-corrected chi connectivity index (χ0v) is 4.97. The highest BCUT2D eigenvalue weighted by Gasteiger charge is 2.13. The lowest BCUT2D eigenvalue weighted by Gasteiger charge is -2.00. The maximum atomic E-state index is 8.47. The lowest BCUT2D eigenvalue weighted by molar-refractivity contribution is 0.175. The van der Waals surface area contributed by atoms with Crippen molar-refractivity contribution in [3.63, 3.8) is 0 Å². The first-order chi connectivity index (χ1) is 3.93. The van der Waals surface area contributed by atoms with Crippen LogP contribution in [0.25, 0.3) is 0 Å². The molecule has 1 heterocycles. The van der Waals surface area contributed by atoms with Crippen LogP contribution in [-0.4, -0.2) is 24.9 Å². The number of aliphatic hydroxyl groups is 1. The molecule has 0 spiro atoms. The molecule has 1 aliphatic rings. The fourth-order valence-corrected chi connectivity index (χ4v) is 0.994. The monoisotopic (exact) mass is 116 g/mol. The van der Waals surface area contributed by atoms with Gasteiger partial charge >= 0.3 is 0 Å². The third-order valence-corrected chi connectivity index (χ3v) is 1.56. The van der Waals surface area contributed by atoms with Crippen molar-refractivity contribution in [2.45, 2.75) is 12.8 Å². The van der Waals surface area contributed by atoms with Gasteiger partial charge in [-0.2, -0.15) is 0 Å². The molecule has 0 unspecified atom stereocenters. The molecular formula is C6H12O2. The number of hydrogen-bond acceptors (Lipinski definition) is 2. The molecule has 1 N–H and O–H groups in total. The van der Waals surface area contributed by atoms with E-state index in [9.17, 15) is 0 Å². The van der Waals surface area contributed by atoms with E-state index in [-0.39, 0.29) is 0 Å². The Labute approximate surface area is 49.5 Å². The van der Waals surface area contributed by atoms with Gasteiger partial charge in [0.05, 0.1) is 0 Å². The van der Waals surface area contributed by atoms with Crippen molar-refractivity contribution < 1.29 is 9.84 Å². The van der Waals surface area contributed by atoms with Gasteiger partial charge in [-0.25, -0.2) is 0 Å².